The van der Waals surface area contributed by atoms with Gasteiger partial charge in [0.15, 0.2) is 11.6 Å². The number of hydrogen-bond donors (Lipinski definition) is 0. The molecule has 0 aliphatic carbocycles. The summed E-state index contributed by atoms with van der Waals surface area (Å²) in [5.74, 6) is -2.22. The summed E-state index contributed by atoms with van der Waals surface area (Å²) in [7, 11) is 0. The summed E-state index contributed by atoms with van der Waals surface area (Å²) in [4.78, 5) is 13.9. The molecule has 1 saturated heterocycles. The highest BCUT2D eigenvalue weighted by molar-refractivity contribution is 5.94. The van der Waals surface area contributed by atoms with Gasteiger partial charge in [0, 0.05) is 24.8 Å². The SMILES string of the molecule is O=C(c1ccc(F)c(F)c1)N1CCC(n2ccnn2)CC1. The lowest BCUT2D eigenvalue weighted by Crippen LogP contribution is -2.39. The van der Waals surface area contributed by atoms with Crippen molar-refractivity contribution in [3.05, 3.63) is 47.8 Å². The van der Waals surface area contributed by atoms with Crippen molar-refractivity contribution in [1.29, 1.82) is 0 Å². The van der Waals surface area contributed by atoms with Crippen molar-refractivity contribution in [2.45, 2.75) is 18.9 Å². The molecule has 1 aliphatic rings. The van der Waals surface area contributed by atoms with Crippen LogP contribution in [0.2, 0.25) is 0 Å². The first-order valence-corrected chi connectivity index (χ1v) is 6.75. The average Bonchev–Trinajstić information content (AvgIpc) is 3.04. The van der Waals surface area contributed by atoms with Gasteiger partial charge >= 0.3 is 0 Å². The largest absolute Gasteiger partial charge is 0.338 e. The second kappa shape index (κ2) is 5.59. The fourth-order valence-electron chi connectivity index (χ4n) is 2.56. The van der Waals surface area contributed by atoms with E-state index in [1.807, 2.05) is 0 Å². The third-order valence-electron chi connectivity index (χ3n) is 3.73. The molecule has 0 radical (unpaired) electrons. The lowest BCUT2D eigenvalue weighted by molar-refractivity contribution is 0.0688. The number of benzene rings is 1. The smallest absolute Gasteiger partial charge is 0.253 e. The van der Waals surface area contributed by atoms with E-state index in [9.17, 15) is 13.6 Å². The van der Waals surface area contributed by atoms with Gasteiger partial charge in [-0.3, -0.25) is 4.79 Å². The number of halogens is 2. The van der Waals surface area contributed by atoms with E-state index in [-0.39, 0.29) is 17.5 Å². The van der Waals surface area contributed by atoms with Crippen molar-refractivity contribution in [3.63, 3.8) is 0 Å². The number of aromatic nitrogens is 3. The van der Waals surface area contributed by atoms with Crippen molar-refractivity contribution < 1.29 is 13.6 Å². The van der Waals surface area contributed by atoms with Crippen molar-refractivity contribution in [1.82, 2.24) is 19.9 Å². The lowest BCUT2D eigenvalue weighted by Gasteiger charge is -2.31. The third kappa shape index (κ3) is 2.76. The zero-order chi connectivity index (χ0) is 14.8. The molecule has 0 N–H and O–H groups in total. The van der Waals surface area contributed by atoms with Gasteiger partial charge in [-0.2, -0.15) is 0 Å². The molecule has 0 bridgehead atoms. The zero-order valence-corrected chi connectivity index (χ0v) is 11.2. The van der Waals surface area contributed by atoms with Crippen LogP contribution < -0.4 is 0 Å². The normalized spacial score (nSPS) is 16.2. The zero-order valence-electron chi connectivity index (χ0n) is 11.2. The lowest BCUT2D eigenvalue weighted by atomic mass is 10.0. The fraction of sp³-hybridized carbons (Fsp3) is 0.357. The van der Waals surface area contributed by atoms with Gasteiger partial charge < -0.3 is 4.90 Å². The number of carbonyl (C=O) groups excluding carboxylic acids is 1. The molecule has 0 saturated carbocycles. The highest BCUT2D eigenvalue weighted by atomic mass is 19.2. The standard InChI is InChI=1S/C14H14F2N4O/c15-12-2-1-10(9-13(12)16)14(21)19-6-3-11(4-7-19)20-8-5-17-18-20/h1-2,5,8-9,11H,3-4,6-7H2. The van der Waals surface area contributed by atoms with Gasteiger partial charge in [0.2, 0.25) is 0 Å². The van der Waals surface area contributed by atoms with Crippen molar-refractivity contribution in [2.75, 3.05) is 13.1 Å². The molecule has 3 rings (SSSR count). The summed E-state index contributed by atoms with van der Waals surface area (Å²) in [5.41, 5.74) is 0.174. The molecule has 0 unspecified atom stereocenters. The maximum atomic E-state index is 13.2. The molecular formula is C14H14F2N4O. The molecule has 0 atom stereocenters. The number of hydrogen-bond acceptors (Lipinski definition) is 3. The minimum atomic E-state index is -1.00. The van der Waals surface area contributed by atoms with Crippen LogP contribution in [-0.4, -0.2) is 38.9 Å². The number of carbonyl (C=O) groups is 1. The Balaban J connectivity index is 1.66. The van der Waals surface area contributed by atoms with Crippen molar-refractivity contribution >= 4 is 5.91 Å². The van der Waals surface area contributed by atoms with Crippen molar-refractivity contribution in [3.8, 4) is 0 Å². The highest BCUT2D eigenvalue weighted by Gasteiger charge is 2.25. The number of likely N-dealkylation sites (tertiary alicyclic amines) is 1. The van der Waals surface area contributed by atoms with E-state index in [0.717, 1.165) is 25.0 Å². The van der Waals surface area contributed by atoms with Crippen LogP contribution in [0.5, 0.6) is 0 Å². The van der Waals surface area contributed by atoms with Gasteiger partial charge in [-0.25, -0.2) is 13.5 Å². The van der Waals surface area contributed by atoms with Gasteiger partial charge in [0.05, 0.1) is 12.2 Å². The van der Waals surface area contributed by atoms with Crippen LogP contribution in [0.25, 0.3) is 0 Å². The number of piperidine rings is 1. The molecule has 0 spiro atoms. The summed E-state index contributed by atoms with van der Waals surface area (Å²) in [6.07, 6.45) is 4.95. The van der Waals surface area contributed by atoms with E-state index < -0.39 is 11.6 Å². The van der Waals surface area contributed by atoms with E-state index in [0.29, 0.717) is 13.1 Å². The first-order valence-electron chi connectivity index (χ1n) is 6.75. The number of rotatable bonds is 2. The molecule has 1 fully saturated rings. The summed E-state index contributed by atoms with van der Waals surface area (Å²) in [6, 6.07) is 3.46. The second-order valence-electron chi connectivity index (χ2n) is 5.04. The predicted octanol–water partition coefficient (Wildman–Crippen LogP) is 2.03. The topological polar surface area (TPSA) is 51.0 Å². The van der Waals surface area contributed by atoms with Crippen LogP contribution in [0.3, 0.4) is 0 Å². The highest BCUT2D eigenvalue weighted by Crippen LogP contribution is 2.22. The molecule has 2 heterocycles. The van der Waals surface area contributed by atoms with Crippen LogP contribution in [0.4, 0.5) is 8.78 Å². The Morgan fingerprint density at radius 1 is 1.19 bits per heavy atom. The van der Waals surface area contributed by atoms with Gasteiger partial charge in [0.1, 0.15) is 0 Å². The maximum absolute atomic E-state index is 13.2. The summed E-state index contributed by atoms with van der Waals surface area (Å²) < 4.78 is 27.9. The Hall–Kier alpha value is -2.31. The van der Waals surface area contributed by atoms with E-state index in [2.05, 4.69) is 10.3 Å². The van der Waals surface area contributed by atoms with Crippen LogP contribution in [0.1, 0.15) is 29.2 Å². The molecule has 7 heteroatoms. The maximum Gasteiger partial charge on any atom is 0.253 e. The Labute approximate surface area is 120 Å². The Morgan fingerprint density at radius 2 is 1.95 bits per heavy atom. The second-order valence-corrected chi connectivity index (χ2v) is 5.04. The van der Waals surface area contributed by atoms with Gasteiger partial charge in [-0.15, -0.1) is 5.10 Å². The average molecular weight is 292 g/mol. The Bertz CT molecular complexity index is 636. The minimum absolute atomic E-state index is 0.174. The van der Waals surface area contributed by atoms with Gasteiger partial charge in [0.25, 0.3) is 5.91 Å². The Kier molecular flexibility index (Phi) is 3.64. The number of amides is 1. The van der Waals surface area contributed by atoms with Crippen LogP contribution in [0, 0.1) is 11.6 Å². The molecule has 1 aromatic heterocycles. The first-order chi connectivity index (χ1) is 10.1. The summed E-state index contributed by atoms with van der Waals surface area (Å²) >= 11 is 0. The summed E-state index contributed by atoms with van der Waals surface area (Å²) in [6.45, 7) is 1.12. The monoisotopic (exact) mass is 292 g/mol. The molecule has 110 valence electrons. The molecule has 1 aliphatic heterocycles. The third-order valence-corrected chi connectivity index (χ3v) is 3.73. The van der Waals surface area contributed by atoms with Crippen LogP contribution in [0.15, 0.2) is 30.6 Å². The molecular weight excluding hydrogens is 278 g/mol. The molecule has 5 nitrogen and oxygen atoms in total. The van der Waals surface area contributed by atoms with Crippen LogP contribution in [-0.2, 0) is 0 Å². The van der Waals surface area contributed by atoms with Crippen LogP contribution >= 0.6 is 0 Å². The van der Waals surface area contributed by atoms with E-state index >= 15 is 0 Å². The summed E-state index contributed by atoms with van der Waals surface area (Å²) in [5, 5.41) is 7.73. The minimum Gasteiger partial charge on any atom is -0.338 e. The van der Waals surface area contributed by atoms with E-state index in [1.54, 1.807) is 22.0 Å². The quantitative estimate of drug-likeness (QED) is 0.851. The number of nitrogens with zero attached hydrogens (tertiary/aromatic N) is 4. The molecule has 21 heavy (non-hydrogen) atoms. The molecule has 1 amide bonds. The fourth-order valence-corrected chi connectivity index (χ4v) is 2.56. The van der Waals surface area contributed by atoms with Gasteiger partial charge in [-0.05, 0) is 31.0 Å². The Morgan fingerprint density at radius 3 is 2.57 bits per heavy atom. The molecule has 1 aromatic carbocycles. The first kappa shape index (κ1) is 13.7. The molecule has 2 aromatic rings. The van der Waals surface area contributed by atoms with Gasteiger partial charge in [-0.1, -0.05) is 5.21 Å². The van der Waals surface area contributed by atoms with E-state index in [1.165, 1.54) is 6.07 Å². The van der Waals surface area contributed by atoms with Crippen molar-refractivity contribution in [2.24, 2.45) is 0 Å². The predicted molar refractivity (Wildman–Crippen MR) is 70.6 cm³/mol. The van der Waals surface area contributed by atoms with E-state index in [4.69, 9.17) is 0 Å².